The number of halogens is 1. The first-order valence-electron chi connectivity index (χ1n) is 6.00. The molecule has 1 aromatic rings. The maximum absolute atomic E-state index is 6.11. The third kappa shape index (κ3) is 2.46. The van der Waals surface area contributed by atoms with Gasteiger partial charge in [-0.25, -0.2) is 9.97 Å². The van der Waals surface area contributed by atoms with Crippen LogP contribution in [-0.2, 0) is 6.42 Å². The maximum Gasteiger partial charge on any atom is 0.137 e. The van der Waals surface area contributed by atoms with Gasteiger partial charge in [-0.15, -0.1) is 0 Å². The van der Waals surface area contributed by atoms with Crippen LogP contribution in [0.5, 0.6) is 0 Å². The highest BCUT2D eigenvalue weighted by atomic mass is 35.5. The summed E-state index contributed by atoms with van der Waals surface area (Å²) in [4.78, 5) is 8.83. The van der Waals surface area contributed by atoms with E-state index in [1.165, 1.54) is 19.3 Å². The van der Waals surface area contributed by atoms with Gasteiger partial charge in [0.15, 0.2) is 0 Å². The Balaban J connectivity index is 2.19. The molecule has 1 N–H and O–H groups in total. The molecule has 0 atom stereocenters. The normalized spacial score (nSPS) is 15.9. The zero-order chi connectivity index (χ0) is 11.5. The van der Waals surface area contributed by atoms with Gasteiger partial charge < -0.3 is 5.32 Å². The van der Waals surface area contributed by atoms with E-state index in [2.05, 4.69) is 22.2 Å². The number of aryl methyl sites for hydroxylation is 1. The molecule has 0 unspecified atom stereocenters. The summed E-state index contributed by atoms with van der Waals surface area (Å²) in [5.41, 5.74) is 0.966. The zero-order valence-corrected chi connectivity index (χ0v) is 10.6. The number of rotatable bonds is 4. The predicted molar refractivity (Wildman–Crippen MR) is 67.0 cm³/mol. The molecular formula is C12H18ClN3. The molecule has 3 nitrogen and oxygen atoms in total. The van der Waals surface area contributed by atoms with Crippen molar-refractivity contribution < 1.29 is 0 Å². The number of hydrogen-bond donors (Lipinski definition) is 1. The molecule has 0 saturated heterocycles. The van der Waals surface area contributed by atoms with E-state index in [0.29, 0.717) is 11.2 Å². The van der Waals surface area contributed by atoms with Crippen LogP contribution in [0, 0.1) is 6.92 Å². The van der Waals surface area contributed by atoms with E-state index < -0.39 is 0 Å². The van der Waals surface area contributed by atoms with E-state index >= 15 is 0 Å². The lowest BCUT2D eigenvalue weighted by molar-refractivity contribution is 0.444. The van der Waals surface area contributed by atoms with Crippen molar-refractivity contribution >= 4 is 17.4 Å². The lowest BCUT2D eigenvalue weighted by atomic mass is 9.93. The molecule has 2 rings (SSSR count). The first-order chi connectivity index (χ1) is 7.70. The molecular weight excluding hydrogens is 222 g/mol. The van der Waals surface area contributed by atoms with E-state index in [1.807, 2.05) is 6.92 Å². The third-order valence-corrected chi connectivity index (χ3v) is 3.42. The van der Waals surface area contributed by atoms with Crippen molar-refractivity contribution in [2.24, 2.45) is 0 Å². The van der Waals surface area contributed by atoms with E-state index in [0.717, 1.165) is 30.0 Å². The van der Waals surface area contributed by atoms with Gasteiger partial charge in [0, 0.05) is 18.0 Å². The van der Waals surface area contributed by atoms with Gasteiger partial charge in [-0.1, -0.05) is 18.5 Å². The molecule has 1 saturated carbocycles. The zero-order valence-electron chi connectivity index (χ0n) is 9.89. The summed E-state index contributed by atoms with van der Waals surface area (Å²) in [5.74, 6) is 1.77. The first kappa shape index (κ1) is 11.6. The van der Waals surface area contributed by atoms with Crippen LogP contribution in [-0.4, -0.2) is 16.0 Å². The van der Waals surface area contributed by atoms with Crippen molar-refractivity contribution in [2.75, 3.05) is 5.32 Å². The first-order valence-corrected chi connectivity index (χ1v) is 6.38. The minimum absolute atomic E-state index is 0.583. The lowest BCUT2D eigenvalue weighted by Gasteiger charge is -2.27. The van der Waals surface area contributed by atoms with Crippen LogP contribution >= 0.6 is 11.6 Å². The van der Waals surface area contributed by atoms with Crippen molar-refractivity contribution in [1.82, 2.24) is 9.97 Å². The summed E-state index contributed by atoms with van der Waals surface area (Å²) >= 11 is 6.11. The molecule has 1 aromatic heterocycles. The summed E-state index contributed by atoms with van der Waals surface area (Å²) in [5, 5.41) is 4.03. The topological polar surface area (TPSA) is 37.8 Å². The predicted octanol–water partition coefficient (Wildman–Crippen LogP) is 3.36. The fourth-order valence-electron chi connectivity index (χ4n) is 1.75. The fraction of sp³-hybridized carbons (Fsp3) is 0.667. The minimum atomic E-state index is 0.583. The standard InChI is InChI=1S/C12H18ClN3/c1-3-5-10-15-11(13)8(2)12(16-10)14-9-6-4-7-9/h9H,3-7H2,1-2H3,(H,14,15,16). The Bertz CT molecular complexity index is 375. The van der Waals surface area contributed by atoms with Gasteiger partial charge in [0.05, 0.1) is 0 Å². The molecule has 0 spiro atoms. The van der Waals surface area contributed by atoms with Crippen LogP contribution < -0.4 is 5.32 Å². The molecule has 1 fully saturated rings. The molecule has 88 valence electrons. The van der Waals surface area contributed by atoms with Gasteiger partial charge in [-0.2, -0.15) is 0 Å². The van der Waals surface area contributed by atoms with Crippen LogP contribution in [0.2, 0.25) is 5.15 Å². The number of anilines is 1. The fourth-order valence-corrected chi connectivity index (χ4v) is 1.94. The van der Waals surface area contributed by atoms with Crippen LogP contribution in [0.4, 0.5) is 5.82 Å². The van der Waals surface area contributed by atoms with Gasteiger partial charge >= 0.3 is 0 Å². The summed E-state index contributed by atoms with van der Waals surface area (Å²) in [7, 11) is 0. The molecule has 0 aromatic carbocycles. The average Bonchev–Trinajstić information content (AvgIpc) is 2.19. The summed E-state index contributed by atoms with van der Waals surface area (Å²) < 4.78 is 0. The van der Waals surface area contributed by atoms with E-state index in [1.54, 1.807) is 0 Å². The summed E-state index contributed by atoms with van der Waals surface area (Å²) in [6, 6.07) is 0.583. The largest absolute Gasteiger partial charge is 0.367 e. The molecule has 1 aliphatic carbocycles. The Morgan fingerprint density at radius 2 is 2.12 bits per heavy atom. The lowest BCUT2D eigenvalue weighted by Crippen LogP contribution is -2.28. The van der Waals surface area contributed by atoms with Crippen molar-refractivity contribution in [1.29, 1.82) is 0 Å². The number of nitrogens with zero attached hydrogens (tertiary/aromatic N) is 2. The van der Waals surface area contributed by atoms with E-state index in [4.69, 9.17) is 11.6 Å². The van der Waals surface area contributed by atoms with E-state index in [9.17, 15) is 0 Å². The van der Waals surface area contributed by atoms with Gasteiger partial charge in [0.2, 0.25) is 0 Å². The van der Waals surface area contributed by atoms with Gasteiger partial charge in [0.1, 0.15) is 16.8 Å². The highest BCUT2D eigenvalue weighted by Crippen LogP contribution is 2.26. The third-order valence-electron chi connectivity index (χ3n) is 3.05. The minimum Gasteiger partial charge on any atom is -0.367 e. The molecule has 0 bridgehead atoms. The number of hydrogen-bond acceptors (Lipinski definition) is 3. The molecule has 0 amide bonds. The molecule has 16 heavy (non-hydrogen) atoms. The second-order valence-corrected chi connectivity index (χ2v) is 4.78. The summed E-state index contributed by atoms with van der Waals surface area (Å²) in [6.07, 6.45) is 5.73. The van der Waals surface area contributed by atoms with Gasteiger partial charge in [-0.3, -0.25) is 0 Å². The smallest absolute Gasteiger partial charge is 0.137 e. The van der Waals surface area contributed by atoms with Crippen LogP contribution in [0.15, 0.2) is 0 Å². The average molecular weight is 240 g/mol. The van der Waals surface area contributed by atoms with Crippen molar-refractivity contribution in [2.45, 2.75) is 52.0 Å². The molecule has 1 heterocycles. The molecule has 4 heteroatoms. The van der Waals surface area contributed by atoms with Crippen molar-refractivity contribution in [3.63, 3.8) is 0 Å². The Morgan fingerprint density at radius 1 is 1.38 bits per heavy atom. The van der Waals surface area contributed by atoms with Crippen LogP contribution in [0.3, 0.4) is 0 Å². The van der Waals surface area contributed by atoms with Gasteiger partial charge in [-0.05, 0) is 32.6 Å². The summed E-state index contributed by atoms with van der Waals surface area (Å²) in [6.45, 7) is 4.09. The second-order valence-electron chi connectivity index (χ2n) is 4.43. The Hall–Kier alpha value is -0.830. The quantitative estimate of drug-likeness (QED) is 0.819. The molecule has 0 aliphatic heterocycles. The van der Waals surface area contributed by atoms with E-state index in [-0.39, 0.29) is 0 Å². The Labute approximate surface area is 102 Å². The molecule has 0 radical (unpaired) electrons. The SMILES string of the molecule is CCCc1nc(Cl)c(C)c(NC2CCC2)n1. The highest BCUT2D eigenvalue weighted by molar-refractivity contribution is 6.30. The Morgan fingerprint density at radius 3 is 2.69 bits per heavy atom. The second kappa shape index (κ2) is 5.00. The van der Waals surface area contributed by atoms with Crippen molar-refractivity contribution in [3.05, 3.63) is 16.5 Å². The van der Waals surface area contributed by atoms with Crippen LogP contribution in [0.25, 0.3) is 0 Å². The molecule has 1 aliphatic rings. The van der Waals surface area contributed by atoms with Crippen molar-refractivity contribution in [3.8, 4) is 0 Å². The monoisotopic (exact) mass is 239 g/mol. The van der Waals surface area contributed by atoms with Gasteiger partial charge in [0.25, 0.3) is 0 Å². The Kier molecular flexibility index (Phi) is 3.64. The van der Waals surface area contributed by atoms with Crippen LogP contribution in [0.1, 0.15) is 44.0 Å². The number of aromatic nitrogens is 2. The number of nitrogens with one attached hydrogen (secondary N) is 1. The maximum atomic E-state index is 6.11. The highest BCUT2D eigenvalue weighted by Gasteiger charge is 2.19.